The van der Waals surface area contributed by atoms with Gasteiger partial charge < -0.3 is 0 Å². The van der Waals surface area contributed by atoms with Gasteiger partial charge in [0.2, 0.25) is 5.91 Å². The van der Waals surface area contributed by atoms with Gasteiger partial charge in [0.25, 0.3) is 0 Å². The quantitative estimate of drug-likeness (QED) is 0.489. The van der Waals surface area contributed by atoms with E-state index in [1.165, 1.54) is 5.57 Å². The summed E-state index contributed by atoms with van der Waals surface area (Å²) in [7, 11) is 0. The highest BCUT2D eigenvalue weighted by Crippen LogP contribution is 2.23. The molecule has 0 unspecified atom stereocenters. The second-order valence-corrected chi connectivity index (χ2v) is 2.49. The van der Waals surface area contributed by atoms with Crippen molar-refractivity contribution in [3.8, 4) is 0 Å². The van der Waals surface area contributed by atoms with Gasteiger partial charge in [0.1, 0.15) is 0 Å². The zero-order valence-corrected chi connectivity index (χ0v) is 5.50. The first-order chi connectivity index (χ1) is 4.86. The van der Waals surface area contributed by atoms with Crippen LogP contribution in [0.3, 0.4) is 0 Å². The topological polar surface area (TPSA) is 29.4 Å². The van der Waals surface area contributed by atoms with Crippen molar-refractivity contribution in [2.45, 2.75) is 12.8 Å². The normalized spacial score (nSPS) is 22.2. The largest absolute Gasteiger partial charge is 0.272 e. The van der Waals surface area contributed by atoms with Gasteiger partial charge in [0.05, 0.1) is 6.42 Å². The van der Waals surface area contributed by atoms with Crippen LogP contribution in [0.4, 0.5) is 0 Å². The third-order valence-electron chi connectivity index (χ3n) is 1.78. The van der Waals surface area contributed by atoms with Crippen molar-refractivity contribution in [3.05, 3.63) is 23.3 Å². The molecule has 0 bridgehead atoms. The van der Waals surface area contributed by atoms with Crippen molar-refractivity contribution in [1.82, 2.24) is 0 Å². The summed E-state index contributed by atoms with van der Waals surface area (Å²) in [4.78, 5) is 14.4. The molecule has 0 aromatic carbocycles. The van der Waals surface area contributed by atoms with Gasteiger partial charge in [-0.1, -0.05) is 12.2 Å². The number of carbonyl (C=O) groups is 1. The molecule has 10 heavy (non-hydrogen) atoms. The molecule has 50 valence electrons. The van der Waals surface area contributed by atoms with Crippen LogP contribution in [0.1, 0.15) is 12.8 Å². The summed E-state index contributed by atoms with van der Waals surface area (Å²) in [6.45, 7) is 0. The maximum atomic E-state index is 10.7. The van der Waals surface area contributed by atoms with Gasteiger partial charge in [-0.2, -0.15) is 0 Å². The van der Waals surface area contributed by atoms with E-state index in [2.05, 4.69) is 11.1 Å². The molecule has 1 aliphatic heterocycles. The number of nitrogens with zero attached hydrogens (tertiary/aromatic N) is 1. The summed E-state index contributed by atoms with van der Waals surface area (Å²) in [6.07, 6.45) is 7.21. The Morgan fingerprint density at radius 2 is 2.40 bits per heavy atom. The summed E-state index contributed by atoms with van der Waals surface area (Å²) in [5, 5.41) is 0. The SMILES string of the molecule is O=C1CC2=C(C=CC2)C=N1. The van der Waals surface area contributed by atoms with Crippen LogP contribution < -0.4 is 0 Å². The number of aliphatic imine (C=N–C) groups is 1. The summed E-state index contributed by atoms with van der Waals surface area (Å²) in [6, 6.07) is 0. The molecule has 0 aromatic heterocycles. The Labute approximate surface area is 59.0 Å². The van der Waals surface area contributed by atoms with Crippen LogP contribution in [0.2, 0.25) is 0 Å². The lowest BCUT2D eigenvalue weighted by Crippen LogP contribution is -2.03. The fraction of sp³-hybridized carbons (Fsp3) is 0.250. The Kier molecular flexibility index (Phi) is 1.07. The average molecular weight is 133 g/mol. The summed E-state index contributed by atoms with van der Waals surface area (Å²) in [5.41, 5.74) is 2.36. The van der Waals surface area contributed by atoms with Gasteiger partial charge in [-0.15, -0.1) is 0 Å². The van der Waals surface area contributed by atoms with Crippen LogP contribution in [0.15, 0.2) is 28.3 Å². The zero-order valence-electron chi connectivity index (χ0n) is 5.50. The summed E-state index contributed by atoms with van der Waals surface area (Å²) >= 11 is 0. The maximum Gasteiger partial charge on any atom is 0.249 e. The van der Waals surface area contributed by atoms with Crippen LogP contribution in [0, 0.1) is 0 Å². The Balaban J connectivity index is 2.36. The number of allylic oxidation sites excluding steroid dienone is 3. The lowest BCUT2D eigenvalue weighted by atomic mass is 10.1. The van der Waals surface area contributed by atoms with E-state index in [0.717, 1.165) is 12.0 Å². The van der Waals surface area contributed by atoms with Gasteiger partial charge >= 0.3 is 0 Å². The first-order valence-electron chi connectivity index (χ1n) is 3.32. The van der Waals surface area contributed by atoms with Gasteiger partial charge in [0.15, 0.2) is 0 Å². The van der Waals surface area contributed by atoms with E-state index in [4.69, 9.17) is 0 Å². The standard InChI is InChI=1S/C8H7NO/c10-8-4-6-2-1-3-7(6)5-9-8/h1,3,5H,2,4H2. The minimum absolute atomic E-state index is 0.0116. The van der Waals surface area contributed by atoms with E-state index in [1.807, 2.05) is 6.08 Å². The second-order valence-electron chi connectivity index (χ2n) is 2.49. The molecule has 0 saturated carbocycles. The highest BCUT2D eigenvalue weighted by molar-refractivity contribution is 5.99. The Morgan fingerprint density at radius 3 is 3.30 bits per heavy atom. The lowest BCUT2D eigenvalue weighted by Gasteiger charge is -2.04. The van der Waals surface area contributed by atoms with E-state index in [-0.39, 0.29) is 5.91 Å². The molecule has 0 radical (unpaired) electrons. The monoisotopic (exact) mass is 133 g/mol. The Hall–Kier alpha value is -1.18. The summed E-state index contributed by atoms with van der Waals surface area (Å²) in [5.74, 6) is -0.0116. The second kappa shape index (κ2) is 1.90. The maximum absolute atomic E-state index is 10.7. The fourth-order valence-electron chi connectivity index (χ4n) is 1.24. The Morgan fingerprint density at radius 1 is 1.50 bits per heavy atom. The molecule has 0 fully saturated rings. The van der Waals surface area contributed by atoms with Crippen molar-refractivity contribution >= 4 is 12.1 Å². The molecule has 0 saturated heterocycles. The predicted octanol–water partition coefficient (Wildman–Crippen LogP) is 1.24. The summed E-state index contributed by atoms with van der Waals surface area (Å²) < 4.78 is 0. The number of hydrogen-bond donors (Lipinski definition) is 0. The molecule has 0 spiro atoms. The number of amides is 1. The van der Waals surface area contributed by atoms with Crippen molar-refractivity contribution in [2.24, 2.45) is 4.99 Å². The first-order valence-corrected chi connectivity index (χ1v) is 3.32. The number of carbonyl (C=O) groups excluding carboxylic acids is 1. The highest BCUT2D eigenvalue weighted by atomic mass is 16.1. The van der Waals surface area contributed by atoms with Crippen molar-refractivity contribution in [3.63, 3.8) is 0 Å². The number of dihydropyridines is 1. The van der Waals surface area contributed by atoms with Gasteiger partial charge in [0, 0.05) is 6.21 Å². The van der Waals surface area contributed by atoms with Gasteiger partial charge in [-0.25, -0.2) is 4.99 Å². The predicted molar refractivity (Wildman–Crippen MR) is 38.9 cm³/mol. The minimum atomic E-state index is -0.0116. The van der Waals surface area contributed by atoms with Crippen molar-refractivity contribution in [2.75, 3.05) is 0 Å². The highest BCUT2D eigenvalue weighted by Gasteiger charge is 2.14. The third kappa shape index (κ3) is 0.727. The molecule has 0 atom stereocenters. The third-order valence-corrected chi connectivity index (χ3v) is 1.78. The van der Waals surface area contributed by atoms with Crippen LogP contribution in [-0.4, -0.2) is 12.1 Å². The smallest absolute Gasteiger partial charge is 0.249 e. The first kappa shape index (κ1) is 5.59. The molecule has 2 aliphatic rings. The molecule has 1 heterocycles. The van der Waals surface area contributed by atoms with Crippen LogP contribution in [-0.2, 0) is 4.79 Å². The molecule has 1 amide bonds. The molecule has 2 nitrogen and oxygen atoms in total. The van der Waals surface area contributed by atoms with Crippen LogP contribution >= 0.6 is 0 Å². The van der Waals surface area contributed by atoms with Crippen molar-refractivity contribution in [1.29, 1.82) is 0 Å². The average Bonchev–Trinajstić information content (AvgIpc) is 2.33. The molecular weight excluding hydrogens is 126 g/mol. The van der Waals surface area contributed by atoms with E-state index in [0.29, 0.717) is 6.42 Å². The lowest BCUT2D eigenvalue weighted by molar-refractivity contribution is -0.117. The number of hydrogen-bond acceptors (Lipinski definition) is 1. The minimum Gasteiger partial charge on any atom is -0.272 e. The molecular formula is C8H7NO. The van der Waals surface area contributed by atoms with E-state index in [1.54, 1.807) is 6.21 Å². The van der Waals surface area contributed by atoms with E-state index < -0.39 is 0 Å². The molecule has 1 aliphatic carbocycles. The molecule has 0 aromatic rings. The molecule has 0 N–H and O–H groups in total. The van der Waals surface area contributed by atoms with Crippen LogP contribution in [0.5, 0.6) is 0 Å². The number of rotatable bonds is 0. The van der Waals surface area contributed by atoms with Gasteiger partial charge in [-0.05, 0) is 17.6 Å². The molecule has 2 rings (SSSR count). The fourth-order valence-corrected chi connectivity index (χ4v) is 1.24. The van der Waals surface area contributed by atoms with E-state index >= 15 is 0 Å². The zero-order chi connectivity index (χ0) is 6.97. The van der Waals surface area contributed by atoms with E-state index in [9.17, 15) is 4.79 Å². The van der Waals surface area contributed by atoms with Crippen LogP contribution in [0.25, 0.3) is 0 Å². The molecule has 2 heteroatoms. The van der Waals surface area contributed by atoms with Gasteiger partial charge in [-0.3, -0.25) is 4.79 Å². The van der Waals surface area contributed by atoms with Crippen molar-refractivity contribution < 1.29 is 4.79 Å². The Bertz CT molecular complexity index is 271.